The van der Waals surface area contributed by atoms with Gasteiger partial charge in [-0.1, -0.05) is 0 Å². The van der Waals surface area contributed by atoms with Crippen LogP contribution in [0.2, 0.25) is 0 Å². The number of Topliss-reactive ketones (excluding diaryl/α,β-unsaturated/α-hetero) is 1. The van der Waals surface area contributed by atoms with Crippen LogP contribution in [-0.2, 0) is 9.53 Å². The number of morpholine rings is 1. The summed E-state index contributed by atoms with van der Waals surface area (Å²) in [5, 5.41) is 0.724. The monoisotopic (exact) mass is 288 g/mol. The van der Waals surface area contributed by atoms with Crippen molar-refractivity contribution in [2.24, 2.45) is 0 Å². The molecule has 3 rings (SSSR count). The van der Waals surface area contributed by atoms with Gasteiger partial charge in [0.05, 0.1) is 25.9 Å². The van der Waals surface area contributed by atoms with Gasteiger partial charge in [-0.3, -0.25) is 9.59 Å². The first-order valence-electron chi connectivity index (χ1n) is 6.77. The molecule has 0 aliphatic carbocycles. The Balaban J connectivity index is 1.89. The van der Waals surface area contributed by atoms with Gasteiger partial charge in [0.2, 0.25) is 0 Å². The molecule has 2 aromatic rings. The largest absolute Gasteiger partial charge is 0.497 e. The molecule has 0 spiro atoms. The van der Waals surface area contributed by atoms with E-state index in [0.717, 1.165) is 10.9 Å². The van der Waals surface area contributed by atoms with Crippen molar-refractivity contribution in [2.75, 3.05) is 33.4 Å². The van der Waals surface area contributed by atoms with Gasteiger partial charge >= 0.3 is 0 Å². The van der Waals surface area contributed by atoms with Crippen LogP contribution in [-0.4, -0.2) is 55.0 Å². The van der Waals surface area contributed by atoms with Gasteiger partial charge in [0.25, 0.3) is 11.7 Å². The van der Waals surface area contributed by atoms with E-state index in [-0.39, 0.29) is 0 Å². The third-order valence-electron chi connectivity index (χ3n) is 3.63. The smallest absolute Gasteiger partial charge is 0.295 e. The van der Waals surface area contributed by atoms with Crippen LogP contribution in [0.3, 0.4) is 0 Å². The van der Waals surface area contributed by atoms with Crippen molar-refractivity contribution < 1.29 is 19.1 Å². The lowest BCUT2D eigenvalue weighted by molar-refractivity contribution is -0.130. The molecule has 2 heterocycles. The first kappa shape index (κ1) is 13.6. The minimum absolute atomic E-state index is 0.393. The lowest BCUT2D eigenvalue weighted by Gasteiger charge is -2.25. The molecule has 1 aliphatic heterocycles. The molecule has 1 aromatic heterocycles. The number of H-pyrrole nitrogens is 1. The molecule has 0 saturated carbocycles. The molecule has 1 fully saturated rings. The molecule has 0 unspecified atom stereocenters. The lowest BCUT2D eigenvalue weighted by Crippen LogP contribution is -2.44. The normalized spacial score (nSPS) is 15.2. The Labute approximate surface area is 121 Å². The maximum absolute atomic E-state index is 12.4. The predicted molar refractivity (Wildman–Crippen MR) is 76.6 cm³/mol. The van der Waals surface area contributed by atoms with Crippen LogP contribution in [0.15, 0.2) is 24.4 Å². The maximum atomic E-state index is 12.4. The molecule has 1 aromatic carbocycles. The molecule has 0 bridgehead atoms. The molecule has 6 heteroatoms. The van der Waals surface area contributed by atoms with Gasteiger partial charge in [0, 0.05) is 36.3 Å². The number of aromatic amines is 1. The highest BCUT2D eigenvalue weighted by Crippen LogP contribution is 2.24. The van der Waals surface area contributed by atoms with Crippen molar-refractivity contribution in [3.8, 4) is 5.75 Å². The number of nitrogens with zero attached hydrogens (tertiary/aromatic N) is 1. The highest BCUT2D eigenvalue weighted by molar-refractivity contribution is 6.44. The van der Waals surface area contributed by atoms with Gasteiger partial charge < -0.3 is 19.4 Å². The fraction of sp³-hybridized carbons (Fsp3) is 0.333. The lowest BCUT2D eigenvalue weighted by atomic mass is 10.1. The zero-order valence-corrected chi connectivity index (χ0v) is 11.7. The third kappa shape index (κ3) is 2.50. The van der Waals surface area contributed by atoms with Crippen molar-refractivity contribution >= 4 is 22.6 Å². The molecule has 0 atom stereocenters. The predicted octanol–water partition coefficient (Wildman–Crippen LogP) is 1.22. The second-order valence-electron chi connectivity index (χ2n) is 4.85. The van der Waals surface area contributed by atoms with Crippen LogP contribution in [0.1, 0.15) is 10.4 Å². The minimum atomic E-state index is -0.492. The van der Waals surface area contributed by atoms with Gasteiger partial charge in [-0.05, 0) is 12.1 Å². The number of hydrogen-bond acceptors (Lipinski definition) is 4. The van der Waals surface area contributed by atoms with E-state index in [2.05, 4.69) is 4.98 Å². The number of carbonyl (C=O) groups excluding carboxylic acids is 2. The fourth-order valence-corrected chi connectivity index (χ4v) is 2.45. The van der Waals surface area contributed by atoms with Gasteiger partial charge in [-0.15, -0.1) is 0 Å². The maximum Gasteiger partial charge on any atom is 0.295 e. The number of ether oxygens (including phenoxy) is 2. The van der Waals surface area contributed by atoms with E-state index in [1.54, 1.807) is 31.5 Å². The number of carbonyl (C=O) groups is 2. The number of hydrogen-bond donors (Lipinski definition) is 1. The first-order valence-corrected chi connectivity index (χ1v) is 6.77. The van der Waals surface area contributed by atoms with E-state index >= 15 is 0 Å². The van der Waals surface area contributed by atoms with E-state index in [4.69, 9.17) is 9.47 Å². The van der Waals surface area contributed by atoms with Gasteiger partial charge in [0.1, 0.15) is 5.75 Å². The molecule has 1 saturated heterocycles. The van der Waals surface area contributed by atoms with Crippen LogP contribution >= 0.6 is 0 Å². The van der Waals surface area contributed by atoms with E-state index < -0.39 is 11.7 Å². The quantitative estimate of drug-likeness (QED) is 0.681. The van der Waals surface area contributed by atoms with Crippen LogP contribution in [0.5, 0.6) is 5.75 Å². The summed E-state index contributed by atoms with van der Waals surface area (Å²) >= 11 is 0. The number of rotatable bonds is 3. The molecule has 6 nitrogen and oxygen atoms in total. The van der Waals surface area contributed by atoms with Crippen LogP contribution < -0.4 is 4.74 Å². The summed E-state index contributed by atoms with van der Waals surface area (Å²) < 4.78 is 10.3. The average Bonchev–Trinajstić information content (AvgIpc) is 2.97. The van der Waals surface area contributed by atoms with Crippen molar-refractivity contribution in [1.82, 2.24) is 9.88 Å². The first-order chi connectivity index (χ1) is 10.2. The van der Waals surface area contributed by atoms with Crippen LogP contribution in [0.4, 0.5) is 0 Å². The second-order valence-corrected chi connectivity index (χ2v) is 4.85. The SMILES string of the molecule is COc1ccc2c(C(=O)C(=O)N3CCOCC3)c[nH]c2c1. The summed E-state index contributed by atoms with van der Waals surface area (Å²) in [5.74, 6) is -0.272. The van der Waals surface area contributed by atoms with Crippen molar-refractivity contribution in [2.45, 2.75) is 0 Å². The van der Waals surface area contributed by atoms with Gasteiger partial charge in [0.15, 0.2) is 0 Å². The third-order valence-corrected chi connectivity index (χ3v) is 3.63. The van der Waals surface area contributed by atoms with Crippen molar-refractivity contribution in [3.05, 3.63) is 30.0 Å². The van der Waals surface area contributed by atoms with Gasteiger partial charge in [-0.25, -0.2) is 0 Å². The van der Waals surface area contributed by atoms with E-state index in [1.807, 2.05) is 0 Å². The number of ketones is 1. The standard InChI is InChI=1S/C15H16N2O4/c1-20-10-2-3-11-12(9-16-13(11)8-10)14(18)15(19)17-4-6-21-7-5-17/h2-3,8-9,16H,4-7H2,1H3. The number of aromatic nitrogens is 1. The molecule has 110 valence electrons. The second kappa shape index (κ2) is 5.57. The molecule has 1 N–H and O–H groups in total. The molecule has 1 aliphatic rings. The van der Waals surface area contributed by atoms with Gasteiger partial charge in [-0.2, -0.15) is 0 Å². The summed E-state index contributed by atoms with van der Waals surface area (Å²) in [6, 6.07) is 5.35. The summed E-state index contributed by atoms with van der Waals surface area (Å²) in [4.78, 5) is 29.2. The Kier molecular flexibility index (Phi) is 3.62. The highest BCUT2D eigenvalue weighted by atomic mass is 16.5. The molecule has 1 amide bonds. The molecular formula is C15H16N2O4. The minimum Gasteiger partial charge on any atom is -0.497 e. The van der Waals surface area contributed by atoms with E-state index in [9.17, 15) is 9.59 Å². The Morgan fingerprint density at radius 1 is 1.29 bits per heavy atom. The topological polar surface area (TPSA) is 71.6 Å². The molecule has 21 heavy (non-hydrogen) atoms. The number of benzene rings is 1. The summed E-state index contributed by atoms with van der Waals surface area (Å²) in [6.07, 6.45) is 1.57. The number of nitrogens with one attached hydrogen (secondary N) is 1. The zero-order valence-electron chi connectivity index (χ0n) is 11.7. The summed E-state index contributed by atoms with van der Waals surface area (Å²) in [5.41, 5.74) is 1.16. The highest BCUT2D eigenvalue weighted by Gasteiger charge is 2.26. The van der Waals surface area contributed by atoms with E-state index in [0.29, 0.717) is 37.6 Å². The van der Waals surface area contributed by atoms with Crippen molar-refractivity contribution in [3.63, 3.8) is 0 Å². The Morgan fingerprint density at radius 3 is 2.76 bits per heavy atom. The number of fused-ring (bicyclic) bond motifs is 1. The summed E-state index contributed by atoms with van der Waals surface area (Å²) in [6.45, 7) is 1.87. The molecule has 0 radical (unpaired) electrons. The molecular weight excluding hydrogens is 272 g/mol. The Morgan fingerprint density at radius 2 is 2.05 bits per heavy atom. The fourth-order valence-electron chi connectivity index (χ4n) is 2.45. The zero-order chi connectivity index (χ0) is 14.8. The van der Waals surface area contributed by atoms with Crippen LogP contribution in [0, 0.1) is 0 Å². The number of amides is 1. The average molecular weight is 288 g/mol. The summed E-state index contributed by atoms with van der Waals surface area (Å²) in [7, 11) is 1.58. The Hall–Kier alpha value is -2.34. The van der Waals surface area contributed by atoms with Crippen LogP contribution in [0.25, 0.3) is 10.9 Å². The number of methoxy groups -OCH3 is 1. The van der Waals surface area contributed by atoms with E-state index in [1.165, 1.54) is 4.90 Å². The van der Waals surface area contributed by atoms with Crippen molar-refractivity contribution in [1.29, 1.82) is 0 Å². The Bertz CT molecular complexity index is 686.